The molecule has 19 heavy (non-hydrogen) atoms. The van der Waals surface area contributed by atoms with Crippen molar-refractivity contribution in [3.05, 3.63) is 28.4 Å². The van der Waals surface area contributed by atoms with Crippen molar-refractivity contribution >= 4 is 29.1 Å². The number of rotatable bonds is 3. The predicted octanol–water partition coefficient (Wildman–Crippen LogP) is 2.66. The van der Waals surface area contributed by atoms with Crippen LogP contribution >= 0.6 is 23.1 Å². The molecule has 1 N–H and O–H groups in total. The van der Waals surface area contributed by atoms with Gasteiger partial charge in [0, 0.05) is 5.69 Å². The molecular formula is C12H11N3O2S2. The number of fused-ring (bicyclic) bond motifs is 1. The molecule has 0 amide bonds. The second-order valence-electron chi connectivity index (χ2n) is 4.27. The van der Waals surface area contributed by atoms with Gasteiger partial charge in [0.1, 0.15) is 10.5 Å². The molecule has 0 saturated carbocycles. The smallest absolute Gasteiger partial charge is 0.338 e. The van der Waals surface area contributed by atoms with E-state index in [0.29, 0.717) is 9.37 Å². The summed E-state index contributed by atoms with van der Waals surface area (Å²) in [6, 6.07) is 1.77. The largest absolute Gasteiger partial charge is 0.478 e. The Morgan fingerprint density at radius 1 is 1.37 bits per heavy atom. The zero-order valence-corrected chi connectivity index (χ0v) is 11.6. The van der Waals surface area contributed by atoms with Crippen LogP contribution in [-0.2, 0) is 12.8 Å². The Morgan fingerprint density at radius 2 is 2.21 bits per heavy atom. The second kappa shape index (κ2) is 5.26. The fourth-order valence-corrected chi connectivity index (χ4v) is 3.64. The first kappa shape index (κ1) is 12.6. The number of aromatic carboxylic acids is 1. The Labute approximate surface area is 118 Å². The van der Waals surface area contributed by atoms with Crippen molar-refractivity contribution in [3.8, 4) is 0 Å². The molecule has 98 valence electrons. The van der Waals surface area contributed by atoms with E-state index >= 15 is 0 Å². The topological polar surface area (TPSA) is 76.0 Å². The lowest BCUT2D eigenvalue weighted by Crippen LogP contribution is -2.10. The Kier molecular flexibility index (Phi) is 3.48. The van der Waals surface area contributed by atoms with Gasteiger partial charge < -0.3 is 5.11 Å². The summed E-state index contributed by atoms with van der Waals surface area (Å²) in [5, 5.41) is 17.5. The Bertz CT molecular complexity index is 614. The summed E-state index contributed by atoms with van der Waals surface area (Å²) >= 11 is 2.66. The summed E-state index contributed by atoms with van der Waals surface area (Å²) in [5.74, 6) is -0.937. The third kappa shape index (κ3) is 2.62. The quantitative estimate of drug-likeness (QED) is 0.937. The molecule has 0 spiro atoms. The van der Waals surface area contributed by atoms with Gasteiger partial charge in [0.2, 0.25) is 0 Å². The van der Waals surface area contributed by atoms with Crippen molar-refractivity contribution in [1.29, 1.82) is 0 Å². The average molecular weight is 293 g/mol. The van der Waals surface area contributed by atoms with Gasteiger partial charge >= 0.3 is 5.97 Å². The molecule has 0 atom stereocenters. The Morgan fingerprint density at radius 3 is 2.95 bits per heavy atom. The molecule has 1 aliphatic carbocycles. The van der Waals surface area contributed by atoms with Gasteiger partial charge in [0.25, 0.3) is 0 Å². The molecule has 0 saturated heterocycles. The fraction of sp³-hybridized carbons (Fsp3) is 0.333. The van der Waals surface area contributed by atoms with Crippen LogP contribution in [0.15, 0.2) is 20.9 Å². The van der Waals surface area contributed by atoms with Crippen molar-refractivity contribution in [2.24, 2.45) is 0 Å². The lowest BCUT2D eigenvalue weighted by Gasteiger charge is -2.16. The summed E-state index contributed by atoms with van der Waals surface area (Å²) in [6.45, 7) is 0. The molecule has 0 unspecified atom stereocenters. The highest BCUT2D eigenvalue weighted by Gasteiger charge is 2.20. The molecule has 2 aromatic rings. The maximum Gasteiger partial charge on any atom is 0.338 e. The Hall–Kier alpha value is -1.47. The Balaban J connectivity index is 2.03. The molecule has 0 bridgehead atoms. The number of nitrogens with zero attached hydrogens (tertiary/aromatic N) is 3. The van der Waals surface area contributed by atoms with Gasteiger partial charge in [-0.2, -0.15) is 0 Å². The molecule has 0 radical (unpaired) electrons. The number of carboxylic acid groups (broad SMARTS) is 1. The zero-order valence-electron chi connectivity index (χ0n) is 10.00. The van der Waals surface area contributed by atoms with Gasteiger partial charge in [-0.3, -0.25) is 0 Å². The number of carbonyl (C=O) groups is 1. The van der Waals surface area contributed by atoms with Gasteiger partial charge in [-0.25, -0.2) is 9.78 Å². The molecule has 0 fully saturated rings. The monoisotopic (exact) mass is 293 g/mol. The maximum absolute atomic E-state index is 11.4. The standard InChI is InChI=1S/C12H11N3O2S2/c16-11(17)8-5-7-3-1-2-4-9(7)14-10(8)19-12-15-13-6-18-12/h5-6H,1-4H2,(H,16,17). The van der Waals surface area contributed by atoms with Crippen LogP contribution in [0.5, 0.6) is 0 Å². The van der Waals surface area contributed by atoms with E-state index in [1.165, 1.54) is 23.1 Å². The number of carboxylic acids is 1. The van der Waals surface area contributed by atoms with E-state index in [9.17, 15) is 9.90 Å². The molecule has 2 aromatic heterocycles. The van der Waals surface area contributed by atoms with Crippen LogP contribution in [0.4, 0.5) is 0 Å². The van der Waals surface area contributed by atoms with Crippen molar-refractivity contribution in [2.45, 2.75) is 35.0 Å². The number of aromatic nitrogens is 3. The van der Waals surface area contributed by atoms with Gasteiger partial charge in [-0.15, -0.1) is 10.2 Å². The number of aryl methyl sites for hydroxylation is 2. The lowest BCUT2D eigenvalue weighted by atomic mass is 9.95. The predicted molar refractivity (Wildman–Crippen MR) is 71.9 cm³/mol. The van der Waals surface area contributed by atoms with Crippen molar-refractivity contribution < 1.29 is 9.90 Å². The second-order valence-corrected chi connectivity index (χ2v) is 6.34. The van der Waals surface area contributed by atoms with Crippen LogP contribution in [0.3, 0.4) is 0 Å². The first-order valence-electron chi connectivity index (χ1n) is 5.94. The number of pyridine rings is 1. The van der Waals surface area contributed by atoms with Gasteiger partial charge in [-0.05, 0) is 49.1 Å². The van der Waals surface area contributed by atoms with Crippen LogP contribution in [-0.4, -0.2) is 26.3 Å². The van der Waals surface area contributed by atoms with E-state index in [1.807, 2.05) is 0 Å². The van der Waals surface area contributed by atoms with Crippen molar-refractivity contribution in [3.63, 3.8) is 0 Å². The number of hydrogen-bond acceptors (Lipinski definition) is 6. The van der Waals surface area contributed by atoms with Crippen molar-refractivity contribution in [2.75, 3.05) is 0 Å². The molecule has 5 nitrogen and oxygen atoms in total. The molecule has 0 aromatic carbocycles. The lowest BCUT2D eigenvalue weighted by molar-refractivity contribution is 0.0692. The third-order valence-electron chi connectivity index (χ3n) is 3.02. The highest BCUT2D eigenvalue weighted by atomic mass is 32.2. The van der Waals surface area contributed by atoms with Gasteiger partial charge in [0.15, 0.2) is 4.34 Å². The van der Waals surface area contributed by atoms with Crippen LogP contribution in [0, 0.1) is 0 Å². The molecule has 2 heterocycles. The van der Waals surface area contributed by atoms with E-state index in [2.05, 4.69) is 15.2 Å². The molecular weight excluding hydrogens is 282 g/mol. The van der Waals surface area contributed by atoms with E-state index in [1.54, 1.807) is 11.6 Å². The molecule has 3 rings (SSSR count). The summed E-state index contributed by atoms with van der Waals surface area (Å²) in [7, 11) is 0. The van der Waals surface area contributed by atoms with E-state index in [0.717, 1.165) is 36.9 Å². The maximum atomic E-state index is 11.4. The summed E-state index contributed by atoms with van der Waals surface area (Å²) in [6.07, 6.45) is 4.08. The summed E-state index contributed by atoms with van der Waals surface area (Å²) in [4.78, 5) is 15.9. The number of hydrogen-bond donors (Lipinski definition) is 1. The minimum atomic E-state index is -0.937. The normalized spacial score (nSPS) is 14.1. The first-order chi connectivity index (χ1) is 9.24. The summed E-state index contributed by atoms with van der Waals surface area (Å²) in [5.41, 5.74) is 4.00. The van der Waals surface area contributed by atoms with Gasteiger partial charge in [-0.1, -0.05) is 11.3 Å². The minimum absolute atomic E-state index is 0.265. The van der Waals surface area contributed by atoms with E-state index < -0.39 is 5.97 Å². The van der Waals surface area contributed by atoms with E-state index in [-0.39, 0.29) is 5.56 Å². The van der Waals surface area contributed by atoms with Crippen LogP contribution in [0.1, 0.15) is 34.5 Å². The summed E-state index contributed by atoms with van der Waals surface area (Å²) < 4.78 is 0.714. The first-order valence-corrected chi connectivity index (χ1v) is 7.64. The molecule has 7 heteroatoms. The molecule has 1 aliphatic rings. The highest BCUT2D eigenvalue weighted by molar-refractivity contribution is 8.01. The SMILES string of the molecule is O=C(O)c1cc2c(nc1Sc1nncs1)CCCC2. The average Bonchev–Trinajstić information content (AvgIpc) is 2.90. The van der Waals surface area contributed by atoms with Crippen LogP contribution in [0.25, 0.3) is 0 Å². The van der Waals surface area contributed by atoms with Crippen molar-refractivity contribution in [1.82, 2.24) is 15.2 Å². The highest BCUT2D eigenvalue weighted by Crippen LogP contribution is 2.32. The van der Waals surface area contributed by atoms with Gasteiger partial charge in [0.05, 0.1) is 5.56 Å². The van der Waals surface area contributed by atoms with Crippen LogP contribution in [0.2, 0.25) is 0 Å². The fourth-order valence-electron chi connectivity index (χ4n) is 2.14. The minimum Gasteiger partial charge on any atom is -0.478 e. The zero-order chi connectivity index (χ0) is 13.2. The third-order valence-corrected chi connectivity index (χ3v) is 4.80. The molecule has 0 aliphatic heterocycles. The van der Waals surface area contributed by atoms with Crippen LogP contribution < -0.4 is 0 Å². The van der Waals surface area contributed by atoms with E-state index in [4.69, 9.17) is 0 Å².